The molecule has 0 aliphatic heterocycles. The Morgan fingerprint density at radius 2 is 1.31 bits per heavy atom. The van der Waals surface area contributed by atoms with Crippen LogP contribution in [0.15, 0.2) is 262 Å². The number of pyridine rings is 4. The fourth-order valence-corrected chi connectivity index (χ4v) is 11.5. The number of aromatic nitrogens is 9. The zero-order valence-corrected chi connectivity index (χ0v) is 60.7. The number of thiophene rings is 2. The van der Waals surface area contributed by atoms with Crippen LogP contribution in [0.2, 0.25) is 0 Å². The van der Waals surface area contributed by atoms with Crippen LogP contribution in [0, 0.1) is 46.3 Å². The number of furan rings is 2. The largest absolute Gasteiger partial charge is 0.467 e. The summed E-state index contributed by atoms with van der Waals surface area (Å²) in [4.78, 5) is 26.5. The normalized spacial score (nSPS) is 10.4. The van der Waals surface area contributed by atoms with Crippen LogP contribution in [0.5, 0.6) is 6.01 Å². The number of hydrogen-bond acceptors (Lipinski definition) is 14. The zero-order chi connectivity index (χ0) is 72.4. The van der Waals surface area contributed by atoms with Crippen LogP contribution in [-0.2, 0) is 17.2 Å². The van der Waals surface area contributed by atoms with Crippen LogP contribution < -0.4 is 4.74 Å². The summed E-state index contributed by atoms with van der Waals surface area (Å²) in [6.07, 6.45) is 9.83. The highest BCUT2D eigenvalue weighted by molar-refractivity contribution is 7.85. The molecule has 0 unspecified atom stereocenters. The molecule has 0 fully saturated rings. The van der Waals surface area contributed by atoms with E-state index in [1.165, 1.54) is 62.0 Å². The molecule has 20 heteroatoms. The van der Waals surface area contributed by atoms with Crippen LogP contribution in [0.3, 0.4) is 0 Å². The molecule has 0 atom stereocenters. The van der Waals surface area contributed by atoms with E-state index in [0.29, 0.717) is 23.7 Å². The van der Waals surface area contributed by atoms with E-state index in [4.69, 9.17) is 18.1 Å². The van der Waals surface area contributed by atoms with Gasteiger partial charge in [-0.05, 0) is 171 Å². The summed E-state index contributed by atoms with van der Waals surface area (Å²) >= 11 is 3.45. The van der Waals surface area contributed by atoms with Crippen molar-refractivity contribution in [2.45, 2.75) is 62.3 Å². The van der Waals surface area contributed by atoms with Gasteiger partial charge in [0.25, 0.3) is 10.1 Å². The molecular formula is C81H79F2N9O6S3. The van der Waals surface area contributed by atoms with Gasteiger partial charge in [0, 0.05) is 76.2 Å². The number of para-hydroxylation sites is 3. The third-order valence-corrected chi connectivity index (χ3v) is 16.2. The average molecular weight is 1410 g/mol. The van der Waals surface area contributed by atoms with E-state index in [0.717, 1.165) is 72.8 Å². The highest BCUT2D eigenvalue weighted by Crippen LogP contribution is 2.36. The molecule has 15 nitrogen and oxygen atoms in total. The average Bonchev–Trinajstić information content (AvgIpc) is 1.63. The molecule has 11 aromatic heterocycles. The van der Waals surface area contributed by atoms with E-state index in [1.54, 1.807) is 67.4 Å². The summed E-state index contributed by atoms with van der Waals surface area (Å²) in [5, 5.41) is 14.3. The molecule has 5 aromatic carbocycles. The summed E-state index contributed by atoms with van der Waals surface area (Å²) < 4.78 is 72.9. The second-order valence-corrected chi connectivity index (χ2v) is 25.1. The molecule has 16 aromatic rings. The molecule has 0 aliphatic carbocycles. The molecule has 0 saturated heterocycles. The highest BCUT2D eigenvalue weighted by atomic mass is 32.2. The third-order valence-electron chi connectivity index (χ3n) is 14.6. The fourth-order valence-electron chi connectivity index (χ4n) is 10.2. The van der Waals surface area contributed by atoms with Crippen molar-refractivity contribution in [2.75, 3.05) is 13.4 Å². The van der Waals surface area contributed by atoms with Gasteiger partial charge in [0.2, 0.25) is 0 Å². The molecular weight excluding hydrogens is 1330 g/mol. The van der Waals surface area contributed by atoms with Gasteiger partial charge in [0.1, 0.15) is 34.1 Å². The van der Waals surface area contributed by atoms with Gasteiger partial charge in [-0.15, -0.1) is 11.3 Å². The molecule has 0 saturated carbocycles. The van der Waals surface area contributed by atoms with E-state index >= 15 is 0 Å². The predicted octanol–water partition coefficient (Wildman–Crippen LogP) is 21.6. The Morgan fingerprint density at radius 1 is 0.584 bits per heavy atom. The SMILES string of the molecule is CC.CC.COc1nc(C)cc(-c2ccco2)n1.CS(=O)(=O)O.Cc1c(-c2ccsc2)ccc2nccn12.Cc1cc(-c2cccc3c2oc2ccccc23)n(C)n1.Cc1ccc(-c2cccnc2)cc1.Cc1cccc(-c2c(F)cccc2F)n1.c1csc(-c2ccc3ccccc3n2)c1. The Morgan fingerprint density at radius 3 is 1.97 bits per heavy atom. The van der Waals surface area contributed by atoms with Gasteiger partial charge in [-0.3, -0.25) is 19.2 Å². The van der Waals surface area contributed by atoms with Gasteiger partial charge in [0.05, 0.1) is 58.4 Å². The maximum atomic E-state index is 13.4. The molecule has 0 bridgehead atoms. The second-order valence-electron chi connectivity index (χ2n) is 21.9. The van der Waals surface area contributed by atoms with Gasteiger partial charge in [0.15, 0.2) is 5.76 Å². The van der Waals surface area contributed by atoms with Crippen LogP contribution in [0.25, 0.3) is 105 Å². The van der Waals surface area contributed by atoms with Gasteiger partial charge in [-0.1, -0.05) is 136 Å². The molecule has 0 aliphatic rings. The summed E-state index contributed by atoms with van der Waals surface area (Å²) in [6, 6.07) is 66.6. The molecule has 0 radical (unpaired) electrons. The minimum absolute atomic E-state index is 0.0683. The first-order valence-electron chi connectivity index (χ1n) is 32.3. The lowest BCUT2D eigenvalue weighted by Crippen LogP contribution is -1.95. The quantitative estimate of drug-likeness (QED) is 0.149. The van der Waals surface area contributed by atoms with Crippen molar-refractivity contribution in [2.24, 2.45) is 7.05 Å². The first-order chi connectivity index (χ1) is 48.9. The van der Waals surface area contributed by atoms with Crippen LogP contribution >= 0.6 is 22.7 Å². The number of nitrogens with zero attached hydrogens (tertiary/aromatic N) is 9. The van der Waals surface area contributed by atoms with Gasteiger partial charge in [-0.25, -0.2) is 23.7 Å². The minimum Gasteiger partial charge on any atom is -0.467 e. The number of fused-ring (bicyclic) bond motifs is 5. The molecule has 1 N–H and O–H groups in total. The first-order valence-corrected chi connectivity index (χ1v) is 36.0. The van der Waals surface area contributed by atoms with E-state index in [1.807, 2.05) is 133 Å². The van der Waals surface area contributed by atoms with Crippen molar-refractivity contribution >= 4 is 71.3 Å². The van der Waals surface area contributed by atoms with E-state index in [9.17, 15) is 17.2 Å². The summed E-state index contributed by atoms with van der Waals surface area (Å²) in [5.41, 5.74) is 18.2. The van der Waals surface area contributed by atoms with Crippen molar-refractivity contribution in [1.82, 2.24) is 44.1 Å². The molecule has 0 spiro atoms. The molecule has 0 amide bonds. The fraction of sp³-hybridized carbons (Fsp3) is 0.148. The summed E-state index contributed by atoms with van der Waals surface area (Å²) in [7, 11) is -0.162. The minimum atomic E-state index is -3.67. The number of imidazole rings is 1. The van der Waals surface area contributed by atoms with Gasteiger partial charge < -0.3 is 18.0 Å². The lowest BCUT2D eigenvalue weighted by Gasteiger charge is -2.06. The standard InChI is InChI=1S/C17H14N2O.C13H9NS.C12H9F2N.C12H10N2S.C12H11N.C10H10N2O2.2C2H6.CH4O3S/c1-11-10-15(19(2)18-11)14-8-5-7-13-12-6-3-4-9-16(12)20-17(13)14;1-2-5-11-10(4-1)7-8-12(14-11)13-6-3-9-15-13;1-8-4-2-7-11(15-8)12-9(13)5-3-6-10(12)14;1-9-11(10-4-7-15-8-10)2-3-12-13-5-6-14(9)12;1-10-4-6-11(7-5-10)12-3-2-8-13-9-12;1-7-6-8(9-4-3-5-14-9)12-10(11-7)13-2;2*1-2;1-5(2,3)4/h3-10H,1-2H3;1-9H;2-7H,1H3;2-8H,1H3;2-9H,1H3;3-6H,1-2H3;2*1-2H3;1H3,(H,2,3,4). The lowest BCUT2D eigenvalue weighted by molar-refractivity contribution is 0.378. The van der Waals surface area contributed by atoms with Crippen molar-refractivity contribution in [3.63, 3.8) is 0 Å². The number of benzene rings is 5. The number of ether oxygens (including phenoxy) is 1. The molecule has 101 heavy (non-hydrogen) atoms. The Labute approximate surface area is 596 Å². The van der Waals surface area contributed by atoms with E-state index in [2.05, 4.69) is 179 Å². The van der Waals surface area contributed by atoms with Gasteiger partial charge >= 0.3 is 6.01 Å². The van der Waals surface area contributed by atoms with Crippen LogP contribution in [-0.4, -0.2) is 70.4 Å². The number of halogens is 2. The Kier molecular flexibility index (Phi) is 27.8. The summed E-state index contributed by atoms with van der Waals surface area (Å²) in [6.45, 7) is 17.9. The third kappa shape index (κ3) is 21.2. The first kappa shape index (κ1) is 75.6. The zero-order valence-electron chi connectivity index (χ0n) is 58.2. The van der Waals surface area contributed by atoms with Crippen LogP contribution in [0.4, 0.5) is 8.78 Å². The maximum absolute atomic E-state index is 13.4. The highest BCUT2D eigenvalue weighted by Gasteiger charge is 2.16. The smallest absolute Gasteiger partial charge is 0.316 e. The maximum Gasteiger partial charge on any atom is 0.316 e. The number of rotatable bonds is 7. The van der Waals surface area contributed by atoms with Crippen molar-refractivity contribution in [1.29, 1.82) is 0 Å². The Balaban J connectivity index is 0.000000151. The molecule has 516 valence electrons. The summed E-state index contributed by atoms with van der Waals surface area (Å²) in [5.74, 6) is -0.463. The topological polar surface area (TPSA) is 189 Å². The van der Waals surface area contributed by atoms with Gasteiger partial charge in [-0.2, -0.15) is 29.8 Å². The van der Waals surface area contributed by atoms with Crippen molar-refractivity contribution in [3.8, 4) is 72.8 Å². The molecule has 16 rings (SSSR count). The van der Waals surface area contributed by atoms with E-state index in [-0.39, 0.29) is 5.56 Å². The van der Waals surface area contributed by atoms with E-state index < -0.39 is 21.8 Å². The number of hydrogen-bond donors (Lipinski definition) is 1. The lowest BCUT2D eigenvalue weighted by atomic mass is 10.1. The number of methoxy groups -OCH3 is 1. The Bertz CT molecular complexity index is 5290. The van der Waals surface area contributed by atoms with Crippen molar-refractivity contribution < 1.29 is 35.3 Å². The molecule has 11 heterocycles. The number of aryl methyl sites for hydroxylation is 6. The predicted molar refractivity (Wildman–Crippen MR) is 409 cm³/mol. The Hall–Kier alpha value is -11.2. The van der Waals surface area contributed by atoms with Crippen molar-refractivity contribution in [3.05, 3.63) is 293 Å². The second kappa shape index (κ2) is 37.1. The van der Waals surface area contributed by atoms with Crippen LogP contribution in [0.1, 0.15) is 56.0 Å². The monoisotopic (exact) mass is 1410 g/mol.